The maximum atomic E-state index is 12.1. The van der Waals surface area contributed by atoms with Crippen LogP contribution in [0.25, 0.3) is 0 Å². The summed E-state index contributed by atoms with van der Waals surface area (Å²) in [6.07, 6.45) is 1.80. The third-order valence-electron chi connectivity index (χ3n) is 2.94. The van der Waals surface area contributed by atoms with Crippen LogP contribution >= 0.6 is 0 Å². The quantitative estimate of drug-likeness (QED) is 0.787. The summed E-state index contributed by atoms with van der Waals surface area (Å²) >= 11 is 0. The Kier molecular flexibility index (Phi) is 4.49. The fourth-order valence-electron chi connectivity index (χ4n) is 1.76. The fourth-order valence-corrected chi connectivity index (χ4v) is 1.76. The predicted octanol–water partition coefficient (Wildman–Crippen LogP) is 2.32. The molecule has 100 valence electrons. The maximum Gasteiger partial charge on any atom is 0.387 e. The zero-order chi connectivity index (χ0) is 13.0. The number of nitrogens with one attached hydrogen (secondary N) is 1. The zero-order valence-corrected chi connectivity index (χ0v) is 9.98. The third-order valence-corrected chi connectivity index (χ3v) is 2.94. The lowest BCUT2D eigenvalue weighted by Crippen LogP contribution is -2.23. The smallest absolute Gasteiger partial charge is 0.387 e. The molecule has 1 unspecified atom stereocenters. The molecule has 1 aromatic rings. The van der Waals surface area contributed by atoms with Crippen molar-refractivity contribution in [1.82, 2.24) is 5.32 Å². The van der Waals surface area contributed by atoms with Gasteiger partial charge in [-0.1, -0.05) is 12.1 Å². The van der Waals surface area contributed by atoms with Gasteiger partial charge in [-0.2, -0.15) is 8.78 Å². The molecule has 1 atom stereocenters. The van der Waals surface area contributed by atoms with Gasteiger partial charge in [-0.25, -0.2) is 0 Å². The molecule has 5 heteroatoms. The first kappa shape index (κ1) is 13.2. The lowest BCUT2D eigenvalue weighted by Gasteiger charge is -2.13. The Morgan fingerprint density at radius 2 is 2.17 bits per heavy atom. The molecule has 0 radical (unpaired) electrons. The zero-order valence-electron chi connectivity index (χ0n) is 9.98. The number of aliphatic hydroxyl groups is 1. The van der Waals surface area contributed by atoms with Gasteiger partial charge in [0.05, 0.1) is 6.10 Å². The van der Waals surface area contributed by atoms with E-state index < -0.39 is 12.7 Å². The number of halogens is 2. The van der Waals surface area contributed by atoms with Crippen molar-refractivity contribution in [3.8, 4) is 5.75 Å². The Labute approximate surface area is 105 Å². The molecule has 0 saturated heterocycles. The maximum absolute atomic E-state index is 12.1. The first-order valence-corrected chi connectivity index (χ1v) is 6.08. The van der Waals surface area contributed by atoms with Gasteiger partial charge >= 0.3 is 6.61 Å². The molecule has 3 nitrogen and oxygen atoms in total. The Hall–Kier alpha value is -1.20. The van der Waals surface area contributed by atoms with E-state index in [0.29, 0.717) is 12.1 Å². The number of benzene rings is 1. The van der Waals surface area contributed by atoms with Crippen molar-refractivity contribution < 1.29 is 18.6 Å². The number of hydrogen-bond donors (Lipinski definition) is 2. The van der Waals surface area contributed by atoms with Crippen molar-refractivity contribution in [2.24, 2.45) is 5.92 Å². The second-order valence-corrected chi connectivity index (χ2v) is 4.57. The van der Waals surface area contributed by atoms with Crippen LogP contribution in [0.15, 0.2) is 24.3 Å². The lowest BCUT2D eigenvalue weighted by atomic mass is 10.1. The van der Waals surface area contributed by atoms with Crippen molar-refractivity contribution in [2.75, 3.05) is 13.1 Å². The monoisotopic (exact) mass is 257 g/mol. The first-order valence-electron chi connectivity index (χ1n) is 6.08. The van der Waals surface area contributed by atoms with Crippen LogP contribution in [0.5, 0.6) is 5.75 Å². The van der Waals surface area contributed by atoms with E-state index in [-0.39, 0.29) is 5.75 Å². The number of alkyl halides is 2. The Balaban J connectivity index is 1.85. The van der Waals surface area contributed by atoms with Gasteiger partial charge in [0.1, 0.15) is 5.75 Å². The minimum Gasteiger partial charge on any atom is -0.435 e. The molecule has 0 heterocycles. The summed E-state index contributed by atoms with van der Waals surface area (Å²) in [5.74, 6) is 0.814. The number of ether oxygens (including phenoxy) is 1. The second-order valence-electron chi connectivity index (χ2n) is 4.57. The van der Waals surface area contributed by atoms with Gasteiger partial charge in [-0.15, -0.1) is 0 Å². The molecule has 0 amide bonds. The highest BCUT2D eigenvalue weighted by atomic mass is 19.3. The van der Waals surface area contributed by atoms with E-state index in [2.05, 4.69) is 10.1 Å². The van der Waals surface area contributed by atoms with Crippen molar-refractivity contribution in [1.29, 1.82) is 0 Å². The van der Waals surface area contributed by atoms with Gasteiger partial charge in [0.15, 0.2) is 0 Å². The standard InChI is InChI=1S/C13H17F2NO2/c14-13(15)18-11-3-1-2-10(6-11)12(17)8-16-7-9-4-5-9/h1-3,6,9,12-13,16-17H,4-5,7-8H2. The average Bonchev–Trinajstić information content (AvgIpc) is 3.12. The van der Waals surface area contributed by atoms with Crippen molar-refractivity contribution in [3.63, 3.8) is 0 Å². The fraction of sp³-hybridized carbons (Fsp3) is 0.538. The van der Waals surface area contributed by atoms with Gasteiger partial charge in [0, 0.05) is 6.54 Å². The molecule has 1 aliphatic carbocycles. The average molecular weight is 257 g/mol. The Bertz CT molecular complexity index is 383. The molecular weight excluding hydrogens is 240 g/mol. The normalized spacial score (nSPS) is 16.9. The molecule has 1 saturated carbocycles. The Morgan fingerprint density at radius 3 is 2.83 bits per heavy atom. The third kappa shape index (κ3) is 4.23. The molecule has 1 aliphatic rings. The van der Waals surface area contributed by atoms with E-state index in [1.165, 1.54) is 25.0 Å². The van der Waals surface area contributed by atoms with Crippen molar-refractivity contribution in [3.05, 3.63) is 29.8 Å². The lowest BCUT2D eigenvalue weighted by molar-refractivity contribution is -0.0499. The number of aliphatic hydroxyl groups excluding tert-OH is 1. The highest BCUT2D eigenvalue weighted by Gasteiger charge is 2.20. The summed E-state index contributed by atoms with van der Waals surface area (Å²) in [6, 6.07) is 6.18. The highest BCUT2D eigenvalue weighted by molar-refractivity contribution is 5.30. The topological polar surface area (TPSA) is 41.5 Å². The van der Waals surface area contributed by atoms with Crippen molar-refractivity contribution >= 4 is 0 Å². The van der Waals surface area contributed by atoms with Crippen LogP contribution in [0.4, 0.5) is 8.78 Å². The van der Waals surface area contributed by atoms with Gasteiger partial charge in [-0.3, -0.25) is 0 Å². The van der Waals surface area contributed by atoms with Crippen LogP contribution < -0.4 is 10.1 Å². The predicted molar refractivity (Wildman–Crippen MR) is 63.6 cm³/mol. The second kappa shape index (κ2) is 6.11. The summed E-state index contributed by atoms with van der Waals surface area (Å²) in [6.45, 7) is -1.51. The molecule has 1 fully saturated rings. The molecule has 0 spiro atoms. The summed E-state index contributed by atoms with van der Waals surface area (Å²) in [7, 11) is 0. The van der Waals surface area contributed by atoms with Gasteiger partial charge in [0.25, 0.3) is 0 Å². The van der Waals surface area contributed by atoms with Gasteiger partial charge in [0.2, 0.25) is 0 Å². The minimum absolute atomic E-state index is 0.0729. The largest absolute Gasteiger partial charge is 0.435 e. The van der Waals surface area contributed by atoms with E-state index >= 15 is 0 Å². The molecule has 0 aliphatic heterocycles. The molecule has 18 heavy (non-hydrogen) atoms. The van der Waals surface area contributed by atoms with Crippen molar-refractivity contribution in [2.45, 2.75) is 25.6 Å². The SMILES string of the molecule is OC(CNCC1CC1)c1cccc(OC(F)F)c1. The van der Waals surface area contributed by atoms with E-state index in [0.717, 1.165) is 12.5 Å². The number of hydrogen-bond acceptors (Lipinski definition) is 3. The van der Waals surface area contributed by atoms with E-state index in [9.17, 15) is 13.9 Å². The van der Waals surface area contributed by atoms with E-state index in [4.69, 9.17) is 0 Å². The Morgan fingerprint density at radius 1 is 1.39 bits per heavy atom. The van der Waals surface area contributed by atoms with Gasteiger partial charge in [-0.05, 0) is 43.0 Å². The first-order chi connectivity index (χ1) is 8.65. The summed E-state index contributed by atoms with van der Waals surface area (Å²) in [4.78, 5) is 0. The molecular formula is C13H17F2NO2. The molecule has 0 bridgehead atoms. The summed E-state index contributed by atoms with van der Waals surface area (Å²) < 4.78 is 28.4. The number of rotatable bonds is 7. The van der Waals surface area contributed by atoms with Crippen LogP contribution in [0.1, 0.15) is 24.5 Å². The molecule has 2 rings (SSSR count). The van der Waals surface area contributed by atoms with Crippen LogP contribution in [0.2, 0.25) is 0 Å². The van der Waals surface area contributed by atoms with E-state index in [1.807, 2.05) is 0 Å². The van der Waals surface area contributed by atoms with Crippen LogP contribution in [-0.4, -0.2) is 24.8 Å². The molecule has 0 aromatic heterocycles. The van der Waals surface area contributed by atoms with Crippen LogP contribution in [0, 0.1) is 5.92 Å². The van der Waals surface area contributed by atoms with E-state index in [1.54, 1.807) is 12.1 Å². The highest BCUT2D eigenvalue weighted by Crippen LogP contribution is 2.27. The van der Waals surface area contributed by atoms with Gasteiger partial charge < -0.3 is 15.2 Å². The van der Waals surface area contributed by atoms with Crippen LogP contribution in [-0.2, 0) is 0 Å². The molecule has 2 N–H and O–H groups in total. The molecule has 1 aromatic carbocycles. The van der Waals surface area contributed by atoms with Crippen LogP contribution in [0.3, 0.4) is 0 Å². The summed E-state index contributed by atoms with van der Waals surface area (Å²) in [5.41, 5.74) is 0.580. The summed E-state index contributed by atoms with van der Waals surface area (Å²) in [5, 5.41) is 13.1. The minimum atomic E-state index is -2.84.